The smallest absolute Gasteiger partial charge is 0.336 e. The van der Waals surface area contributed by atoms with Crippen LogP contribution in [0.4, 0.5) is 5.69 Å². The van der Waals surface area contributed by atoms with Crippen LogP contribution in [0, 0.1) is 0 Å². The first-order valence-corrected chi connectivity index (χ1v) is 7.58. The molecule has 2 rings (SSSR count). The van der Waals surface area contributed by atoms with Crippen LogP contribution in [0.1, 0.15) is 12.5 Å². The maximum atomic E-state index is 11.5. The van der Waals surface area contributed by atoms with Gasteiger partial charge in [-0.1, -0.05) is 0 Å². The van der Waals surface area contributed by atoms with Gasteiger partial charge in [0.25, 0.3) is 0 Å². The van der Waals surface area contributed by atoms with Crippen LogP contribution in [0.3, 0.4) is 0 Å². The molecule has 1 aromatic heterocycles. The number of carbonyl (C=O) groups excluding carboxylic acids is 1. The molecule has 0 saturated carbocycles. The number of amides is 1. The zero-order chi connectivity index (χ0) is 15.6. The first-order chi connectivity index (χ1) is 9.86. The molecule has 2 aromatic rings. The summed E-state index contributed by atoms with van der Waals surface area (Å²) in [5, 5.41) is 3.18. The molecule has 0 bridgehead atoms. The normalized spacial score (nSPS) is 12.6. The molecule has 112 valence electrons. The molecular formula is C13H15N2O5P. The fourth-order valence-corrected chi connectivity index (χ4v) is 2.41. The van der Waals surface area contributed by atoms with Gasteiger partial charge in [0.15, 0.2) is 8.38 Å². The number of fused-ring (bicyclic) bond motifs is 1. The summed E-state index contributed by atoms with van der Waals surface area (Å²) in [6, 6.07) is 5.33. The van der Waals surface area contributed by atoms with Gasteiger partial charge >= 0.3 is 5.63 Å². The predicted octanol–water partition coefficient (Wildman–Crippen LogP) is 0.875. The van der Waals surface area contributed by atoms with E-state index in [9.17, 15) is 9.59 Å². The zero-order valence-corrected chi connectivity index (χ0v) is 12.1. The van der Waals surface area contributed by atoms with Gasteiger partial charge in [0, 0.05) is 29.4 Å². The lowest BCUT2D eigenvalue weighted by Gasteiger charge is -2.10. The second-order valence-electron chi connectivity index (χ2n) is 4.61. The molecule has 0 unspecified atom stereocenters. The van der Waals surface area contributed by atoms with Gasteiger partial charge in [-0.25, -0.2) is 4.79 Å². The van der Waals surface area contributed by atoms with Crippen molar-refractivity contribution < 1.29 is 19.0 Å². The molecule has 8 heteroatoms. The van der Waals surface area contributed by atoms with Crippen LogP contribution in [0.15, 0.2) is 33.5 Å². The average molecular weight is 310 g/mol. The number of rotatable bonds is 4. The molecule has 21 heavy (non-hydrogen) atoms. The van der Waals surface area contributed by atoms with Gasteiger partial charge in [-0.2, -0.15) is 0 Å². The maximum absolute atomic E-state index is 11.5. The number of nitrogens with one attached hydrogen (secondary N) is 1. The van der Waals surface area contributed by atoms with E-state index in [-0.39, 0.29) is 17.7 Å². The van der Waals surface area contributed by atoms with Crippen LogP contribution in [0.25, 0.3) is 11.0 Å². The fourth-order valence-electron chi connectivity index (χ4n) is 1.85. The molecule has 0 radical (unpaired) electrons. The molecule has 0 spiro atoms. The van der Waals surface area contributed by atoms with E-state index in [1.807, 2.05) is 0 Å². The third-order valence-electron chi connectivity index (χ3n) is 2.82. The van der Waals surface area contributed by atoms with Crippen LogP contribution >= 0.6 is 8.38 Å². The lowest BCUT2D eigenvalue weighted by atomic mass is 10.1. The Hall–Kier alpha value is -1.79. The molecule has 0 fully saturated rings. The molecule has 0 saturated heterocycles. The number of carbonyl (C=O) groups is 1. The van der Waals surface area contributed by atoms with Crippen LogP contribution in [-0.2, 0) is 11.0 Å². The molecule has 1 amide bonds. The minimum atomic E-state index is -2.16. The minimum absolute atomic E-state index is 0.0248. The van der Waals surface area contributed by atoms with E-state index < -0.39 is 20.0 Å². The number of benzene rings is 1. The Bertz CT molecular complexity index is 726. The molecule has 7 nitrogen and oxygen atoms in total. The van der Waals surface area contributed by atoms with Crippen LogP contribution in [0.2, 0.25) is 0 Å². The lowest BCUT2D eigenvalue weighted by molar-refractivity contribution is -0.117. The van der Waals surface area contributed by atoms with E-state index in [1.54, 1.807) is 19.1 Å². The highest BCUT2D eigenvalue weighted by Gasteiger charge is 2.12. The summed E-state index contributed by atoms with van der Waals surface area (Å²) in [5.41, 5.74) is 6.06. The third-order valence-corrected chi connectivity index (χ3v) is 3.45. The summed E-state index contributed by atoms with van der Waals surface area (Å²) < 4.78 is 5.07. The summed E-state index contributed by atoms with van der Waals surface area (Å²) >= 11 is 0. The average Bonchev–Trinajstić information content (AvgIpc) is 2.37. The van der Waals surface area contributed by atoms with Crippen molar-refractivity contribution in [2.45, 2.75) is 19.1 Å². The number of hydrogen-bond donors (Lipinski definition) is 4. The third kappa shape index (κ3) is 3.86. The fraction of sp³-hybridized carbons (Fsp3) is 0.231. The Morgan fingerprint density at radius 3 is 2.76 bits per heavy atom. The van der Waals surface area contributed by atoms with Gasteiger partial charge in [0.05, 0.1) is 6.04 Å². The van der Waals surface area contributed by atoms with Crippen molar-refractivity contribution in [3.05, 3.63) is 40.2 Å². The summed E-state index contributed by atoms with van der Waals surface area (Å²) in [6.45, 7) is 1.55. The Morgan fingerprint density at radius 1 is 1.43 bits per heavy atom. The van der Waals surface area contributed by atoms with Crippen molar-refractivity contribution in [2.75, 3.05) is 5.32 Å². The predicted molar refractivity (Wildman–Crippen MR) is 79.8 cm³/mol. The summed E-state index contributed by atoms with van der Waals surface area (Å²) in [4.78, 5) is 41.2. The highest BCUT2D eigenvalue weighted by Crippen LogP contribution is 2.32. The van der Waals surface area contributed by atoms with E-state index in [1.165, 1.54) is 12.1 Å². The molecule has 0 aliphatic heterocycles. The van der Waals surface area contributed by atoms with Gasteiger partial charge in [-0.05, 0) is 24.6 Å². The standard InChI is InChI=1S/C13H15N2O5P/c1-7(14)13(17)15-9-2-3-10-8(6-21(18)19)4-12(16)20-11(10)5-9/h2-5,7,18-19H,6,14H2,1H3,(H,15,17)/t7-/m0/s1. The van der Waals surface area contributed by atoms with E-state index in [4.69, 9.17) is 19.9 Å². The van der Waals surface area contributed by atoms with Gasteiger partial charge < -0.3 is 25.3 Å². The monoisotopic (exact) mass is 310 g/mol. The van der Waals surface area contributed by atoms with Crippen LogP contribution < -0.4 is 16.7 Å². The first kappa shape index (κ1) is 15.6. The molecular weight excluding hydrogens is 295 g/mol. The first-order valence-electron chi connectivity index (χ1n) is 6.15. The zero-order valence-electron chi connectivity index (χ0n) is 11.2. The number of anilines is 1. The largest absolute Gasteiger partial charge is 0.423 e. The van der Waals surface area contributed by atoms with Crippen LogP contribution in [-0.4, -0.2) is 21.7 Å². The SMILES string of the molecule is C[C@H](N)C(=O)Nc1ccc2c(CP(O)O)cc(=O)oc2c1. The molecule has 5 N–H and O–H groups in total. The van der Waals surface area contributed by atoms with Gasteiger partial charge in [-0.15, -0.1) is 0 Å². The van der Waals surface area contributed by atoms with E-state index in [0.29, 0.717) is 16.6 Å². The second kappa shape index (κ2) is 6.32. The van der Waals surface area contributed by atoms with Crippen molar-refractivity contribution in [3.63, 3.8) is 0 Å². The summed E-state index contributed by atoms with van der Waals surface area (Å²) in [5.74, 6) is -0.359. The molecule has 0 aliphatic rings. The quantitative estimate of drug-likeness (QED) is 0.490. The van der Waals surface area contributed by atoms with E-state index in [0.717, 1.165) is 0 Å². The molecule has 0 aliphatic carbocycles. The van der Waals surface area contributed by atoms with E-state index in [2.05, 4.69) is 5.32 Å². The van der Waals surface area contributed by atoms with Crippen molar-refractivity contribution in [2.24, 2.45) is 5.73 Å². The van der Waals surface area contributed by atoms with Gasteiger partial charge in [0.1, 0.15) is 5.58 Å². The van der Waals surface area contributed by atoms with Gasteiger partial charge in [0.2, 0.25) is 5.91 Å². The maximum Gasteiger partial charge on any atom is 0.336 e. The van der Waals surface area contributed by atoms with Crippen LogP contribution in [0.5, 0.6) is 0 Å². The van der Waals surface area contributed by atoms with Crippen molar-refractivity contribution >= 4 is 30.9 Å². The Balaban J connectivity index is 2.44. The second-order valence-corrected chi connectivity index (χ2v) is 5.67. The summed E-state index contributed by atoms with van der Waals surface area (Å²) in [7, 11) is -2.16. The highest BCUT2D eigenvalue weighted by molar-refractivity contribution is 7.44. The molecule has 1 aromatic carbocycles. The minimum Gasteiger partial charge on any atom is -0.423 e. The number of hydrogen-bond acceptors (Lipinski definition) is 6. The summed E-state index contributed by atoms with van der Waals surface area (Å²) in [6.07, 6.45) is -0.0248. The van der Waals surface area contributed by atoms with Crippen molar-refractivity contribution in [1.29, 1.82) is 0 Å². The molecule has 1 atom stereocenters. The Labute approximate surface area is 121 Å². The molecule has 1 heterocycles. The Kier molecular flexibility index (Phi) is 4.69. The van der Waals surface area contributed by atoms with Gasteiger partial charge in [-0.3, -0.25) is 4.79 Å². The van der Waals surface area contributed by atoms with Crippen molar-refractivity contribution in [3.8, 4) is 0 Å². The van der Waals surface area contributed by atoms with Crippen molar-refractivity contribution in [1.82, 2.24) is 0 Å². The topological polar surface area (TPSA) is 126 Å². The van der Waals surface area contributed by atoms with E-state index >= 15 is 0 Å². The lowest BCUT2D eigenvalue weighted by Crippen LogP contribution is -2.32. The highest BCUT2D eigenvalue weighted by atomic mass is 31.2. The number of nitrogens with two attached hydrogens (primary N) is 1. The Morgan fingerprint density at radius 2 is 2.14 bits per heavy atom.